The van der Waals surface area contributed by atoms with Gasteiger partial charge in [0.1, 0.15) is 5.75 Å². The van der Waals surface area contributed by atoms with Crippen molar-refractivity contribution in [3.05, 3.63) is 54.1 Å². The summed E-state index contributed by atoms with van der Waals surface area (Å²) in [7, 11) is 3.03. The standard InChI is InChI=1S/C18H20N2O5/c1-23-15-9-8-13(12-16(15)24-2)17(21)19-10-11-20-18(22)25-14-6-4-3-5-7-14/h3-9,12H,10-11H2,1-2H3,(H,19,21)(H,20,22). The fourth-order valence-corrected chi connectivity index (χ4v) is 2.05. The molecule has 7 heteroatoms. The van der Waals surface area contributed by atoms with Crippen LogP contribution in [0.15, 0.2) is 48.5 Å². The summed E-state index contributed by atoms with van der Waals surface area (Å²) in [6.07, 6.45) is -0.577. The number of methoxy groups -OCH3 is 2. The smallest absolute Gasteiger partial charge is 0.412 e. The van der Waals surface area contributed by atoms with E-state index in [2.05, 4.69) is 10.6 Å². The van der Waals surface area contributed by atoms with E-state index in [9.17, 15) is 9.59 Å². The van der Waals surface area contributed by atoms with Gasteiger partial charge in [0.15, 0.2) is 11.5 Å². The van der Waals surface area contributed by atoms with E-state index in [0.29, 0.717) is 22.8 Å². The van der Waals surface area contributed by atoms with E-state index in [4.69, 9.17) is 14.2 Å². The zero-order valence-electron chi connectivity index (χ0n) is 14.1. The highest BCUT2D eigenvalue weighted by Crippen LogP contribution is 2.27. The highest BCUT2D eigenvalue weighted by Gasteiger charge is 2.10. The van der Waals surface area contributed by atoms with Crippen LogP contribution in [0.1, 0.15) is 10.4 Å². The van der Waals surface area contributed by atoms with Crippen LogP contribution < -0.4 is 24.8 Å². The Morgan fingerprint density at radius 2 is 1.56 bits per heavy atom. The summed E-state index contributed by atoms with van der Waals surface area (Å²) in [5.41, 5.74) is 0.435. The Morgan fingerprint density at radius 1 is 0.880 bits per heavy atom. The first-order chi connectivity index (χ1) is 12.1. The third-order valence-electron chi connectivity index (χ3n) is 3.28. The Kier molecular flexibility index (Phi) is 6.65. The monoisotopic (exact) mass is 344 g/mol. The lowest BCUT2D eigenvalue weighted by Crippen LogP contribution is -2.36. The van der Waals surface area contributed by atoms with Gasteiger partial charge in [0.2, 0.25) is 0 Å². The second kappa shape index (κ2) is 9.17. The Bertz CT molecular complexity index is 719. The lowest BCUT2D eigenvalue weighted by atomic mass is 10.2. The molecule has 0 unspecified atom stereocenters. The predicted molar refractivity (Wildman–Crippen MR) is 92.3 cm³/mol. The molecule has 0 aliphatic heterocycles. The number of carbonyl (C=O) groups excluding carboxylic acids is 2. The Balaban J connectivity index is 1.76. The van der Waals surface area contributed by atoms with Crippen LogP contribution in [0.2, 0.25) is 0 Å². The zero-order valence-corrected chi connectivity index (χ0v) is 14.1. The molecule has 2 rings (SSSR count). The molecule has 0 atom stereocenters. The molecule has 0 aromatic heterocycles. The van der Waals surface area contributed by atoms with Crippen LogP contribution in [0.4, 0.5) is 4.79 Å². The highest BCUT2D eigenvalue weighted by atomic mass is 16.6. The number of amides is 2. The topological polar surface area (TPSA) is 85.9 Å². The zero-order chi connectivity index (χ0) is 18.1. The molecular weight excluding hydrogens is 324 g/mol. The number of carbonyl (C=O) groups is 2. The average molecular weight is 344 g/mol. The summed E-state index contributed by atoms with van der Waals surface area (Å²) in [4.78, 5) is 23.7. The first-order valence-corrected chi connectivity index (χ1v) is 7.65. The van der Waals surface area contributed by atoms with Gasteiger partial charge in [-0.1, -0.05) is 18.2 Å². The predicted octanol–water partition coefficient (Wildman–Crippen LogP) is 2.22. The van der Waals surface area contributed by atoms with E-state index in [-0.39, 0.29) is 19.0 Å². The van der Waals surface area contributed by atoms with E-state index in [1.54, 1.807) is 42.5 Å². The minimum Gasteiger partial charge on any atom is -0.493 e. The maximum Gasteiger partial charge on any atom is 0.412 e. The molecule has 0 aliphatic rings. The summed E-state index contributed by atoms with van der Waals surface area (Å²) < 4.78 is 15.4. The van der Waals surface area contributed by atoms with Crippen LogP contribution in [0.3, 0.4) is 0 Å². The van der Waals surface area contributed by atoms with Crippen molar-refractivity contribution in [3.8, 4) is 17.2 Å². The maximum absolute atomic E-state index is 12.1. The van der Waals surface area contributed by atoms with Gasteiger partial charge in [0.25, 0.3) is 5.91 Å². The van der Waals surface area contributed by atoms with Crippen LogP contribution in [-0.4, -0.2) is 39.3 Å². The molecule has 2 N–H and O–H groups in total. The molecule has 2 aromatic carbocycles. The van der Waals surface area contributed by atoms with E-state index in [0.717, 1.165) is 0 Å². The van der Waals surface area contributed by atoms with Crippen LogP contribution in [0, 0.1) is 0 Å². The normalized spacial score (nSPS) is 9.84. The van der Waals surface area contributed by atoms with Crippen molar-refractivity contribution in [1.82, 2.24) is 10.6 Å². The lowest BCUT2D eigenvalue weighted by Gasteiger charge is -2.10. The van der Waals surface area contributed by atoms with Gasteiger partial charge in [-0.3, -0.25) is 4.79 Å². The van der Waals surface area contributed by atoms with Crippen LogP contribution in [-0.2, 0) is 0 Å². The summed E-state index contributed by atoms with van der Waals surface area (Å²) in [5, 5.41) is 5.26. The van der Waals surface area contributed by atoms with Gasteiger partial charge in [-0.05, 0) is 30.3 Å². The first-order valence-electron chi connectivity index (χ1n) is 7.65. The molecule has 0 fully saturated rings. The molecule has 0 spiro atoms. The molecule has 0 heterocycles. The number of hydrogen-bond acceptors (Lipinski definition) is 5. The van der Waals surface area contributed by atoms with Crippen molar-refractivity contribution >= 4 is 12.0 Å². The number of rotatable bonds is 7. The van der Waals surface area contributed by atoms with Gasteiger partial charge in [-0.25, -0.2) is 4.79 Å². The van der Waals surface area contributed by atoms with E-state index in [1.165, 1.54) is 14.2 Å². The number of benzene rings is 2. The van der Waals surface area contributed by atoms with Gasteiger partial charge in [0, 0.05) is 18.7 Å². The Labute approximate surface area is 145 Å². The van der Waals surface area contributed by atoms with Gasteiger partial charge in [-0.2, -0.15) is 0 Å². The quantitative estimate of drug-likeness (QED) is 0.752. The van der Waals surface area contributed by atoms with Gasteiger partial charge in [0.05, 0.1) is 14.2 Å². The summed E-state index contributed by atoms with van der Waals surface area (Å²) >= 11 is 0. The first kappa shape index (κ1) is 18.1. The molecular formula is C18H20N2O5. The number of hydrogen-bond donors (Lipinski definition) is 2. The second-order valence-electron chi connectivity index (χ2n) is 4.96. The van der Waals surface area contributed by atoms with Crippen molar-refractivity contribution in [1.29, 1.82) is 0 Å². The Hall–Kier alpha value is -3.22. The molecule has 0 aliphatic carbocycles. The van der Waals surface area contributed by atoms with Crippen molar-refractivity contribution in [3.63, 3.8) is 0 Å². The van der Waals surface area contributed by atoms with Crippen molar-refractivity contribution < 1.29 is 23.8 Å². The molecule has 2 aromatic rings. The number of ether oxygens (including phenoxy) is 3. The van der Waals surface area contributed by atoms with Gasteiger partial charge < -0.3 is 24.8 Å². The molecule has 7 nitrogen and oxygen atoms in total. The summed E-state index contributed by atoms with van der Waals surface area (Å²) in [6, 6.07) is 13.6. The number of nitrogens with one attached hydrogen (secondary N) is 2. The largest absolute Gasteiger partial charge is 0.493 e. The minimum absolute atomic E-state index is 0.241. The van der Waals surface area contributed by atoms with Crippen LogP contribution in [0.25, 0.3) is 0 Å². The average Bonchev–Trinajstić information content (AvgIpc) is 2.65. The molecule has 0 bridgehead atoms. The van der Waals surface area contributed by atoms with Crippen molar-refractivity contribution in [2.45, 2.75) is 0 Å². The third kappa shape index (κ3) is 5.42. The lowest BCUT2D eigenvalue weighted by molar-refractivity contribution is 0.0953. The number of para-hydroxylation sites is 1. The van der Waals surface area contributed by atoms with Crippen molar-refractivity contribution in [2.24, 2.45) is 0 Å². The summed E-state index contributed by atoms with van der Waals surface area (Å²) in [6.45, 7) is 0.502. The van der Waals surface area contributed by atoms with Crippen molar-refractivity contribution in [2.75, 3.05) is 27.3 Å². The highest BCUT2D eigenvalue weighted by molar-refractivity contribution is 5.94. The molecule has 0 saturated carbocycles. The van der Waals surface area contributed by atoms with E-state index >= 15 is 0 Å². The van der Waals surface area contributed by atoms with Gasteiger partial charge >= 0.3 is 6.09 Å². The molecule has 0 saturated heterocycles. The van der Waals surface area contributed by atoms with Crippen LogP contribution in [0.5, 0.6) is 17.2 Å². The Morgan fingerprint density at radius 3 is 2.24 bits per heavy atom. The third-order valence-corrected chi connectivity index (χ3v) is 3.28. The summed E-state index contributed by atoms with van der Waals surface area (Å²) in [5.74, 6) is 1.19. The van der Waals surface area contributed by atoms with E-state index < -0.39 is 6.09 Å². The second-order valence-corrected chi connectivity index (χ2v) is 4.96. The SMILES string of the molecule is COc1ccc(C(=O)NCCNC(=O)Oc2ccccc2)cc1OC. The van der Waals surface area contributed by atoms with Crippen LogP contribution >= 0.6 is 0 Å². The molecule has 0 radical (unpaired) electrons. The fraction of sp³-hybridized carbons (Fsp3) is 0.222. The fourth-order valence-electron chi connectivity index (χ4n) is 2.05. The molecule has 25 heavy (non-hydrogen) atoms. The molecule has 132 valence electrons. The van der Waals surface area contributed by atoms with E-state index in [1.807, 2.05) is 6.07 Å². The maximum atomic E-state index is 12.1. The van der Waals surface area contributed by atoms with Gasteiger partial charge in [-0.15, -0.1) is 0 Å². The molecule has 2 amide bonds. The minimum atomic E-state index is -0.577.